The van der Waals surface area contributed by atoms with Gasteiger partial charge in [0.2, 0.25) is 0 Å². The van der Waals surface area contributed by atoms with Gasteiger partial charge in [-0.3, -0.25) is 4.79 Å². The summed E-state index contributed by atoms with van der Waals surface area (Å²) >= 11 is 0. The molecule has 0 saturated heterocycles. The first-order valence-electron chi connectivity index (χ1n) is 8.39. The second kappa shape index (κ2) is 9.94. The Morgan fingerprint density at radius 2 is 1.88 bits per heavy atom. The number of benzene rings is 2. The van der Waals surface area contributed by atoms with Gasteiger partial charge in [0.05, 0.1) is 6.61 Å². The van der Waals surface area contributed by atoms with E-state index in [1.54, 1.807) is 6.08 Å². The summed E-state index contributed by atoms with van der Waals surface area (Å²) in [5, 5.41) is 12.0. The summed E-state index contributed by atoms with van der Waals surface area (Å²) < 4.78 is 5.52. The van der Waals surface area contributed by atoms with Crippen LogP contribution in [0.25, 0.3) is 6.08 Å². The van der Waals surface area contributed by atoms with Gasteiger partial charge in [-0.05, 0) is 42.2 Å². The van der Waals surface area contributed by atoms with Gasteiger partial charge in [-0.25, -0.2) is 0 Å². The van der Waals surface area contributed by atoms with Gasteiger partial charge in [0, 0.05) is 6.54 Å². The Morgan fingerprint density at radius 1 is 1.16 bits per heavy atom. The van der Waals surface area contributed by atoms with Crippen LogP contribution in [-0.2, 0) is 11.2 Å². The van der Waals surface area contributed by atoms with Gasteiger partial charge in [-0.1, -0.05) is 49.4 Å². The van der Waals surface area contributed by atoms with E-state index < -0.39 is 0 Å². The number of nitrogens with one attached hydrogen (secondary N) is 1. The molecule has 0 atom stereocenters. The fourth-order valence-corrected chi connectivity index (χ4v) is 2.26. The van der Waals surface area contributed by atoms with Crippen molar-refractivity contribution >= 4 is 12.0 Å². The Morgan fingerprint density at radius 3 is 2.52 bits per heavy atom. The Labute approximate surface area is 148 Å². The Balaban J connectivity index is 1.92. The van der Waals surface area contributed by atoms with Gasteiger partial charge in [0.15, 0.2) is 0 Å². The molecule has 0 radical (unpaired) electrons. The van der Waals surface area contributed by atoms with Crippen LogP contribution in [-0.4, -0.2) is 19.1 Å². The number of hydrogen-bond donors (Lipinski definition) is 1. The molecular formula is C21H22N2O2. The lowest BCUT2D eigenvalue weighted by atomic mass is 10.1. The van der Waals surface area contributed by atoms with Gasteiger partial charge in [-0.2, -0.15) is 5.26 Å². The van der Waals surface area contributed by atoms with E-state index in [2.05, 4.69) is 5.32 Å². The molecule has 0 spiro atoms. The monoisotopic (exact) mass is 334 g/mol. The molecule has 128 valence electrons. The van der Waals surface area contributed by atoms with E-state index in [0.29, 0.717) is 13.2 Å². The number of hydrogen-bond acceptors (Lipinski definition) is 3. The van der Waals surface area contributed by atoms with Crippen LogP contribution in [0.15, 0.2) is 60.2 Å². The van der Waals surface area contributed by atoms with Gasteiger partial charge < -0.3 is 10.1 Å². The third-order valence-electron chi connectivity index (χ3n) is 3.57. The highest BCUT2D eigenvalue weighted by molar-refractivity contribution is 6.01. The maximum Gasteiger partial charge on any atom is 0.261 e. The quantitative estimate of drug-likeness (QED) is 0.591. The van der Waals surface area contributed by atoms with Crippen molar-refractivity contribution in [1.29, 1.82) is 5.26 Å². The number of carbonyl (C=O) groups excluding carboxylic acids is 1. The average molecular weight is 334 g/mol. The standard InChI is InChI=1S/C21H22N2O2/c1-2-14-25-20-10-8-18(9-11-20)15-19(16-22)21(24)23-13-12-17-6-4-3-5-7-17/h3-11,15H,2,12-14H2,1H3,(H,23,24)/b19-15-. The van der Waals surface area contributed by atoms with Crippen LogP contribution in [0, 0.1) is 11.3 Å². The highest BCUT2D eigenvalue weighted by atomic mass is 16.5. The largest absolute Gasteiger partial charge is 0.494 e. The van der Waals surface area contributed by atoms with Crippen molar-refractivity contribution in [3.63, 3.8) is 0 Å². The molecule has 25 heavy (non-hydrogen) atoms. The zero-order valence-corrected chi connectivity index (χ0v) is 14.4. The van der Waals surface area contributed by atoms with E-state index in [1.807, 2.05) is 67.6 Å². The first-order valence-corrected chi connectivity index (χ1v) is 8.39. The molecule has 0 heterocycles. The van der Waals surface area contributed by atoms with E-state index in [0.717, 1.165) is 29.7 Å². The summed E-state index contributed by atoms with van der Waals surface area (Å²) in [5.74, 6) is 0.426. The molecule has 0 saturated carbocycles. The van der Waals surface area contributed by atoms with E-state index in [-0.39, 0.29) is 11.5 Å². The molecule has 4 heteroatoms. The van der Waals surface area contributed by atoms with Crippen molar-refractivity contribution in [2.45, 2.75) is 19.8 Å². The van der Waals surface area contributed by atoms with Crippen LogP contribution in [0.2, 0.25) is 0 Å². The van der Waals surface area contributed by atoms with Gasteiger partial charge in [0.25, 0.3) is 5.91 Å². The zero-order chi connectivity index (χ0) is 17.9. The first-order chi connectivity index (χ1) is 12.2. The van der Waals surface area contributed by atoms with Crippen LogP contribution < -0.4 is 10.1 Å². The molecule has 0 fully saturated rings. The predicted octanol–water partition coefficient (Wildman–Crippen LogP) is 3.74. The summed E-state index contributed by atoms with van der Waals surface area (Å²) in [6.07, 6.45) is 3.26. The highest BCUT2D eigenvalue weighted by Gasteiger charge is 2.08. The predicted molar refractivity (Wildman–Crippen MR) is 99.0 cm³/mol. The normalized spacial score (nSPS) is 10.8. The molecule has 1 amide bonds. The number of rotatable bonds is 8. The van der Waals surface area contributed by atoms with Crippen molar-refractivity contribution in [2.24, 2.45) is 0 Å². The maximum atomic E-state index is 12.2. The minimum Gasteiger partial charge on any atom is -0.494 e. The van der Waals surface area contributed by atoms with Crippen LogP contribution in [0.1, 0.15) is 24.5 Å². The number of carbonyl (C=O) groups is 1. The van der Waals surface area contributed by atoms with Crippen LogP contribution in [0.5, 0.6) is 5.75 Å². The summed E-state index contributed by atoms with van der Waals surface area (Å²) in [7, 11) is 0. The smallest absolute Gasteiger partial charge is 0.261 e. The SMILES string of the molecule is CCCOc1ccc(/C=C(/C#N)C(=O)NCCc2ccccc2)cc1. The van der Waals surface area contributed by atoms with Gasteiger partial charge in [0.1, 0.15) is 17.4 Å². The number of nitriles is 1. The average Bonchev–Trinajstić information content (AvgIpc) is 2.66. The van der Waals surface area contributed by atoms with Crippen molar-refractivity contribution in [2.75, 3.05) is 13.2 Å². The highest BCUT2D eigenvalue weighted by Crippen LogP contribution is 2.15. The maximum absolute atomic E-state index is 12.2. The molecule has 0 aliphatic carbocycles. The zero-order valence-electron chi connectivity index (χ0n) is 14.4. The fraction of sp³-hybridized carbons (Fsp3) is 0.238. The van der Waals surface area contributed by atoms with Crippen molar-refractivity contribution in [1.82, 2.24) is 5.32 Å². The topological polar surface area (TPSA) is 62.1 Å². The molecule has 2 rings (SSSR count). The van der Waals surface area contributed by atoms with Crippen molar-refractivity contribution < 1.29 is 9.53 Å². The number of amides is 1. The van der Waals surface area contributed by atoms with E-state index in [9.17, 15) is 10.1 Å². The molecule has 2 aromatic carbocycles. The molecule has 0 aliphatic rings. The summed E-state index contributed by atoms with van der Waals surface area (Å²) in [6, 6.07) is 19.2. The molecule has 2 aromatic rings. The summed E-state index contributed by atoms with van der Waals surface area (Å²) in [4.78, 5) is 12.2. The molecule has 0 aliphatic heterocycles. The van der Waals surface area contributed by atoms with E-state index in [1.165, 1.54) is 0 Å². The molecule has 0 bridgehead atoms. The number of ether oxygens (including phenoxy) is 1. The van der Waals surface area contributed by atoms with Crippen molar-refractivity contribution in [3.05, 3.63) is 71.3 Å². The third-order valence-corrected chi connectivity index (χ3v) is 3.57. The van der Waals surface area contributed by atoms with Crippen LogP contribution in [0.3, 0.4) is 0 Å². The Bertz CT molecular complexity index is 744. The lowest BCUT2D eigenvalue weighted by Gasteiger charge is -2.06. The van der Waals surface area contributed by atoms with Gasteiger partial charge >= 0.3 is 0 Å². The molecule has 1 N–H and O–H groups in total. The van der Waals surface area contributed by atoms with Crippen molar-refractivity contribution in [3.8, 4) is 11.8 Å². The van der Waals surface area contributed by atoms with Gasteiger partial charge in [-0.15, -0.1) is 0 Å². The fourth-order valence-electron chi connectivity index (χ4n) is 2.26. The Kier molecular flexibility index (Phi) is 7.27. The Hall–Kier alpha value is -3.06. The lowest BCUT2D eigenvalue weighted by Crippen LogP contribution is -2.26. The second-order valence-electron chi connectivity index (χ2n) is 5.58. The molecule has 0 aromatic heterocycles. The van der Waals surface area contributed by atoms with Crippen LogP contribution in [0.4, 0.5) is 0 Å². The minimum atomic E-state index is -0.357. The molecule has 0 unspecified atom stereocenters. The third kappa shape index (κ3) is 6.15. The minimum absolute atomic E-state index is 0.0929. The summed E-state index contributed by atoms with van der Waals surface area (Å²) in [6.45, 7) is 3.21. The van der Waals surface area contributed by atoms with E-state index >= 15 is 0 Å². The first kappa shape index (κ1) is 18.3. The lowest BCUT2D eigenvalue weighted by molar-refractivity contribution is -0.117. The van der Waals surface area contributed by atoms with Crippen LogP contribution >= 0.6 is 0 Å². The molecule has 4 nitrogen and oxygen atoms in total. The van der Waals surface area contributed by atoms with E-state index in [4.69, 9.17) is 4.74 Å². The number of nitrogens with zero attached hydrogens (tertiary/aromatic N) is 1. The molecular weight excluding hydrogens is 312 g/mol. The second-order valence-corrected chi connectivity index (χ2v) is 5.58. The summed E-state index contributed by atoms with van der Waals surface area (Å²) in [5.41, 5.74) is 2.03.